The van der Waals surface area contributed by atoms with Crippen molar-refractivity contribution in [3.63, 3.8) is 0 Å². The van der Waals surface area contributed by atoms with E-state index in [0.29, 0.717) is 16.5 Å². The number of hydrogen-bond acceptors (Lipinski definition) is 2. The molecule has 0 amide bonds. The third kappa shape index (κ3) is 3.54. The van der Waals surface area contributed by atoms with Crippen LogP contribution in [0.25, 0.3) is 0 Å². The van der Waals surface area contributed by atoms with Gasteiger partial charge in [0.2, 0.25) is 0 Å². The fourth-order valence-electron chi connectivity index (χ4n) is 3.12. The van der Waals surface area contributed by atoms with Crippen LogP contribution < -0.4 is 0 Å². The number of hydrogen-bond donors (Lipinski definition) is 0. The van der Waals surface area contributed by atoms with Crippen molar-refractivity contribution in [1.29, 1.82) is 0 Å². The third-order valence-corrected chi connectivity index (χ3v) is 5.88. The Kier molecular flexibility index (Phi) is 5.12. The molecule has 0 N–H and O–H groups in total. The molecule has 1 aliphatic rings. The van der Waals surface area contributed by atoms with Gasteiger partial charge in [0.15, 0.2) is 0 Å². The van der Waals surface area contributed by atoms with Crippen molar-refractivity contribution in [2.45, 2.75) is 65.7 Å². The van der Waals surface area contributed by atoms with Crippen LogP contribution in [0.4, 0.5) is 0 Å². The Hall–Kier alpha value is -0.150. The highest BCUT2D eigenvalue weighted by Gasteiger charge is 2.31. The molecule has 1 aromatic heterocycles. The maximum absolute atomic E-state index is 6.22. The quantitative estimate of drug-likeness (QED) is 0.626. The summed E-state index contributed by atoms with van der Waals surface area (Å²) in [5, 5.41) is 0.560. The van der Waals surface area contributed by atoms with E-state index in [9.17, 15) is 0 Å². The summed E-state index contributed by atoms with van der Waals surface area (Å²) >= 11 is 9.70. The largest absolute Gasteiger partial charge is 0.236 e. The predicted octanol–water partition coefficient (Wildman–Crippen LogP) is 5.77. The van der Waals surface area contributed by atoms with Gasteiger partial charge < -0.3 is 0 Å². The van der Waals surface area contributed by atoms with Crippen molar-refractivity contribution in [3.8, 4) is 0 Å². The summed E-state index contributed by atoms with van der Waals surface area (Å²) in [5.41, 5.74) is 1.44. The van der Waals surface area contributed by atoms with E-state index in [1.807, 2.05) is 0 Å². The Morgan fingerprint density at radius 1 is 1.15 bits per heavy atom. The SMILES string of the molecule is CCc1nc(C2CCC(C(C)(C)C)CC2)nc(Cl)c1Br. The Morgan fingerprint density at radius 2 is 1.75 bits per heavy atom. The lowest BCUT2D eigenvalue weighted by Gasteiger charge is -2.36. The zero-order chi connectivity index (χ0) is 14.9. The molecular formula is C16H24BrClN2. The highest BCUT2D eigenvalue weighted by Crippen LogP contribution is 2.42. The molecule has 1 aromatic rings. The second-order valence-corrected chi connectivity index (χ2v) is 8.05. The molecule has 0 saturated heterocycles. The monoisotopic (exact) mass is 358 g/mol. The van der Waals surface area contributed by atoms with Crippen LogP contribution in [0.2, 0.25) is 5.15 Å². The van der Waals surface area contributed by atoms with Gasteiger partial charge >= 0.3 is 0 Å². The second-order valence-electron chi connectivity index (χ2n) is 6.90. The molecule has 1 aliphatic carbocycles. The van der Waals surface area contributed by atoms with Crippen LogP contribution in [-0.2, 0) is 6.42 Å². The molecule has 2 rings (SSSR count). The van der Waals surface area contributed by atoms with E-state index in [2.05, 4.69) is 48.6 Å². The lowest BCUT2D eigenvalue weighted by molar-refractivity contribution is 0.167. The molecule has 0 atom stereocenters. The zero-order valence-corrected chi connectivity index (χ0v) is 15.2. The summed E-state index contributed by atoms with van der Waals surface area (Å²) in [5.74, 6) is 2.24. The second kappa shape index (κ2) is 6.31. The van der Waals surface area contributed by atoms with Gasteiger partial charge in [-0.05, 0) is 59.4 Å². The zero-order valence-electron chi connectivity index (χ0n) is 12.8. The van der Waals surface area contributed by atoms with E-state index in [1.165, 1.54) is 25.7 Å². The normalized spacial score (nSPS) is 23.9. The van der Waals surface area contributed by atoms with Gasteiger partial charge in [-0.15, -0.1) is 0 Å². The van der Waals surface area contributed by atoms with Crippen molar-refractivity contribution >= 4 is 27.5 Å². The number of nitrogens with zero attached hydrogens (tertiary/aromatic N) is 2. The van der Waals surface area contributed by atoms with Crippen molar-refractivity contribution in [2.24, 2.45) is 11.3 Å². The van der Waals surface area contributed by atoms with Crippen molar-refractivity contribution in [3.05, 3.63) is 21.1 Å². The van der Waals surface area contributed by atoms with Crippen molar-refractivity contribution in [2.75, 3.05) is 0 Å². The Morgan fingerprint density at radius 3 is 2.25 bits per heavy atom. The number of rotatable bonds is 2. The fraction of sp³-hybridized carbons (Fsp3) is 0.750. The molecule has 1 heterocycles. The highest BCUT2D eigenvalue weighted by molar-refractivity contribution is 9.10. The molecule has 4 heteroatoms. The van der Waals surface area contributed by atoms with Crippen LogP contribution in [0, 0.1) is 11.3 Å². The first kappa shape index (κ1) is 16.2. The van der Waals surface area contributed by atoms with Gasteiger partial charge in [0.05, 0.1) is 10.2 Å². The maximum atomic E-state index is 6.22. The third-order valence-electron chi connectivity index (χ3n) is 4.55. The Labute approximate surface area is 135 Å². The number of halogens is 2. The molecule has 0 aliphatic heterocycles. The van der Waals surface area contributed by atoms with E-state index < -0.39 is 0 Å². The van der Waals surface area contributed by atoms with E-state index in [4.69, 9.17) is 16.6 Å². The molecule has 20 heavy (non-hydrogen) atoms. The predicted molar refractivity (Wildman–Crippen MR) is 88.3 cm³/mol. The fourth-order valence-corrected chi connectivity index (χ4v) is 3.77. The summed E-state index contributed by atoms with van der Waals surface area (Å²) in [6.45, 7) is 9.14. The molecule has 1 fully saturated rings. The molecular weight excluding hydrogens is 336 g/mol. The summed E-state index contributed by atoms with van der Waals surface area (Å²) in [7, 11) is 0. The molecule has 112 valence electrons. The average molecular weight is 360 g/mol. The van der Waals surface area contributed by atoms with E-state index in [0.717, 1.165) is 28.3 Å². The number of aryl methyl sites for hydroxylation is 1. The molecule has 0 bridgehead atoms. The summed E-state index contributed by atoms with van der Waals surface area (Å²) in [6, 6.07) is 0. The first-order chi connectivity index (χ1) is 9.32. The van der Waals surface area contributed by atoms with E-state index in [1.54, 1.807) is 0 Å². The molecule has 1 saturated carbocycles. The minimum absolute atomic E-state index is 0.414. The standard InChI is InChI=1S/C16H24BrClN2/c1-5-12-13(17)14(18)20-15(19-12)10-6-8-11(9-7-10)16(2,3)4/h10-11H,5-9H2,1-4H3. The summed E-state index contributed by atoms with van der Waals surface area (Å²) in [6.07, 6.45) is 5.79. The van der Waals surface area contributed by atoms with Gasteiger partial charge in [0.25, 0.3) is 0 Å². The highest BCUT2D eigenvalue weighted by atomic mass is 79.9. The lowest BCUT2D eigenvalue weighted by Crippen LogP contribution is -2.26. The molecule has 2 nitrogen and oxygen atoms in total. The van der Waals surface area contributed by atoms with E-state index >= 15 is 0 Å². The van der Waals surface area contributed by atoms with Gasteiger partial charge in [-0.1, -0.05) is 39.3 Å². The van der Waals surface area contributed by atoms with Crippen molar-refractivity contribution in [1.82, 2.24) is 9.97 Å². The first-order valence-electron chi connectivity index (χ1n) is 7.54. The molecule has 0 aromatic carbocycles. The number of aromatic nitrogens is 2. The minimum Gasteiger partial charge on any atom is -0.236 e. The lowest BCUT2D eigenvalue weighted by atomic mass is 9.69. The minimum atomic E-state index is 0.414. The van der Waals surface area contributed by atoms with Crippen LogP contribution in [0.15, 0.2) is 4.47 Å². The average Bonchev–Trinajstić information content (AvgIpc) is 2.41. The smallest absolute Gasteiger partial charge is 0.147 e. The van der Waals surface area contributed by atoms with Gasteiger partial charge in [-0.2, -0.15) is 0 Å². The maximum Gasteiger partial charge on any atom is 0.147 e. The van der Waals surface area contributed by atoms with Gasteiger partial charge in [-0.25, -0.2) is 9.97 Å². The van der Waals surface area contributed by atoms with Gasteiger partial charge in [-0.3, -0.25) is 0 Å². The van der Waals surface area contributed by atoms with Gasteiger partial charge in [0, 0.05) is 5.92 Å². The molecule has 0 spiro atoms. The topological polar surface area (TPSA) is 25.8 Å². The van der Waals surface area contributed by atoms with Gasteiger partial charge in [0.1, 0.15) is 11.0 Å². The summed E-state index contributed by atoms with van der Waals surface area (Å²) in [4.78, 5) is 9.22. The van der Waals surface area contributed by atoms with E-state index in [-0.39, 0.29) is 0 Å². The molecule has 0 unspecified atom stereocenters. The van der Waals surface area contributed by atoms with Crippen LogP contribution in [-0.4, -0.2) is 9.97 Å². The van der Waals surface area contributed by atoms with Crippen LogP contribution in [0.5, 0.6) is 0 Å². The molecule has 0 radical (unpaired) electrons. The Balaban J connectivity index is 2.13. The van der Waals surface area contributed by atoms with Crippen LogP contribution >= 0.6 is 27.5 Å². The van der Waals surface area contributed by atoms with Crippen molar-refractivity contribution < 1.29 is 0 Å². The Bertz CT molecular complexity index is 474. The van der Waals surface area contributed by atoms with Crippen LogP contribution in [0.1, 0.15) is 70.8 Å². The van der Waals surface area contributed by atoms with Crippen LogP contribution in [0.3, 0.4) is 0 Å². The first-order valence-corrected chi connectivity index (χ1v) is 8.71. The summed E-state index contributed by atoms with van der Waals surface area (Å²) < 4.78 is 0.855.